The minimum atomic E-state index is -0.185. The van der Waals surface area contributed by atoms with E-state index in [9.17, 15) is 4.39 Å². The normalized spacial score (nSPS) is 13.1. The molecule has 1 aromatic rings. The molecule has 96 valence electrons. The first kappa shape index (κ1) is 14.9. The summed E-state index contributed by atoms with van der Waals surface area (Å²) in [6.45, 7) is 5.49. The van der Waals surface area contributed by atoms with Crippen LogP contribution in [0.5, 0.6) is 0 Å². The Balaban J connectivity index is 2.38. The quantitative estimate of drug-likeness (QED) is 0.769. The van der Waals surface area contributed by atoms with Crippen molar-refractivity contribution < 1.29 is 4.39 Å². The topological polar surface area (TPSA) is 12.0 Å². The lowest BCUT2D eigenvalue weighted by Crippen LogP contribution is -2.24. The Kier molecular flexibility index (Phi) is 6.45. The van der Waals surface area contributed by atoms with Crippen LogP contribution in [0.1, 0.15) is 25.8 Å². The molecule has 0 saturated heterocycles. The van der Waals surface area contributed by atoms with Crippen LogP contribution < -0.4 is 5.32 Å². The fourth-order valence-corrected chi connectivity index (χ4v) is 2.51. The minimum Gasteiger partial charge on any atom is -0.311 e. The largest absolute Gasteiger partial charge is 0.311 e. The van der Waals surface area contributed by atoms with E-state index in [4.69, 9.17) is 11.6 Å². The maximum atomic E-state index is 13.4. The Hall–Kier alpha value is -0.120. The molecule has 0 bridgehead atoms. The molecular formula is C13H18BrClFN. The highest BCUT2D eigenvalue weighted by molar-refractivity contribution is 9.10. The second-order valence-electron chi connectivity index (χ2n) is 4.59. The van der Waals surface area contributed by atoms with Gasteiger partial charge in [-0.15, -0.1) is 11.6 Å². The van der Waals surface area contributed by atoms with Crippen LogP contribution in [-0.2, 0) is 6.54 Å². The summed E-state index contributed by atoms with van der Waals surface area (Å²) in [6.07, 6.45) is 0.968. The van der Waals surface area contributed by atoms with Crippen LogP contribution in [0.4, 0.5) is 4.39 Å². The van der Waals surface area contributed by atoms with Crippen LogP contribution >= 0.6 is 27.5 Å². The second kappa shape index (κ2) is 7.34. The summed E-state index contributed by atoms with van der Waals surface area (Å²) in [4.78, 5) is 0. The molecule has 1 unspecified atom stereocenters. The molecule has 0 saturated carbocycles. The summed E-state index contributed by atoms with van der Waals surface area (Å²) >= 11 is 9.48. The molecule has 1 nitrogen and oxygen atoms in total. The summed E-state index contributed by atoms with van der Waals surface area (Å²) < 4.78 is 14.3. The van der Waals surface area contributed by atoms with Gasteiger partial charge in [0, 0.05) is 28.5 Å². The van der Waals surface area contributed by atoms with Gasteiger partial charge in [-0.3, -0.25) is 0 Å². The highest BCUT2D eigenvalue weighted by atomic mass is 79.9. The van der Waals surface area contributed by atoms with Crippen molar-refractivity contribution in [2.45, 2.75) is 32.2 Å². The number of halogens is 3. The number of nitrogens with one attached hydrogen (secondary N) is 1. The third-order valence-corrected chi connectivity index (χ3v) is 3.24. The van der Waals surface area contributed by atoms with E-state index in [0.29, 0.717) is 24.6 Å². The molecular weight excluding hydrogens is 305 g/mol. The molecule has 0 aromatic heterocycles. The lowest BCUT2D eigenvalue weighted by molar-refractivity contribution is 0.526. The molecule has 1 rings (SSSR count). The smallest absolute Gasteiger partial charge is 0.127 e. The Morgan fingerprint density at radius 3 is 2.76 bits per heavy atom. The van der Waals surface area contributed by atoms with Gasteiger partial charge in [0.2, 0.25) is 0 Å². The van der Waals surface area contributed by atoms with Gasteiger partial charge in [-0.25, -0.2) is 4.39 Å². The molecule has 4 heteroatoms. The number of hydrogen-bond donors (Lipinski definition) is 1. The van der Waals surface area contributed by atoms with Gasteiger partial charge in [0.15, 0.2) is 0 Å². The molecule has 0 aliphatic rings. The van der Waals surface area contributed by atoms with Crippen molar-refractivity contribution in [3.63, 3.8) is 0 Å². The zero-order chi connectivity index (χ0) is 12.8. The first-order valence-corrected chi connectivity index (χ1v) is 7.00. The van der Waals surface area contributed by atoms with Crippen molar-refractivity contribution in [1.29, 1.82) is 0 Å². The predicted molar refractivity (Wildman–Crippen MR) is 74.9 cm³/mol. The molecule has 0 fully saturated rings. The van der Waals surface area contributed by atoms with Crippen molar-refractivity contribution in [3.05, 3.63) is 34.1 Å². The average molecular weight is 323 g/mol. The second-order valence-corrected chi connectivity index (χ2v) is 6.13. The van der Waals surface area contributed by atoms with Gasteiger partial charge in [-0.2, -0.15) is 0 Å². The van der Waals surface area contributed by atoms with E-state index in [2.05, 4.69) is 35.1 Å². The SMILES string of the molecule is CC(C)CC(Cl)CNCc1cc(Br)ccc1F. The number of hydrogen-bond acceptors (Lipinski definition) is 1. The molecule has 0 aliphatic heterocycles. The zero-order valence-corrected chi connectivity index (χ0v) is 12.5. The van der Waals surface area contributed by atoms with E-state index in [1.807, 2.05) is 0 Å². The first-order valence-electron chi connectivity index (χ1n) is 5.77. The molecule has 0 aliphatic carbocycles. The van der Waals surface area contributed by atoms with Gasteiger partial charge in [0.25, 0.3) is 0 Å². The fourth-order valence-electron chi connectivity index (χ4n) is 1.64. The van der Waals surface area contributed by atoms with Crippen molar-refractivity contribution in [1.82, 2.24) is 5.32 Å². The first-order chi connectivity index (χ1) is 7.99. The third kappa shape index (κ3) is 5.84. The zero-order valence-electron chi connectivity index (χ0n) is 10.1. The number of rotatable bonds is 6. The van der Waals surface area contributed by atoms with Gasteiger partial charge < -0.3 is 5.32 Å². The molecule has 17 heavy (non-hydrogen) atoms. The summed E-state index contributed by atoms with van der Waals surface area (Å²) in [5.74, 6) is 0.401. The number of alkyl halides is 1. The molecule has 0 heterocycles. The predicted octanol–water partition coefficient (Wildman–Crippen LogP) is 4.33. The molecule has 0 amide bonds. The maximum absolute atomic E-state index is 13.4. The summed E-state index contributed by atoms with van der Waals surface area (Å²) in [7, 11) is 0. The maximum Gasteiger partial charge on any atom is 0.127 e. The monoisotopic (exact) mass is 321 g/mol. The van der Waals surface area contributed by atoms with Crippen LogP contribution in [-0.4, -0.2) is 11.9 Å². The summed E-state index contributed by atoms with van der Waals surface area (Å²) in [6, 6.07) is 4.95. The van der Waals surface area contributed by atoms with Crippen molar-refractivity contribution in [2.75, 3.05) is 6.54 Å². The Morgan fingerprint density at radius 1 is 1.41 bits per heavy atom. The van der Waals surface area contributed by atoms with E-state index in [-0.39, 0.29) is 11.2 Å². The van der Waals surface area contributed by atoms with E-state index >= 15 is 0 Å². The van der Waals surface area contributed by atoms with Crippen molar-refractivity contribution in [3.8, 4) is 0 Å². The Morgan fingerprint density at radius 2 is 2.12 bits per heavy atom. The lowest BCUT2D eigenvalue weighted by Gasteiger charge is -2.13. The number of benzene rings is 1. The standard InChI is InChI=1S/C13H18BrClFN/c1-9(2)5-12(15)8-17-7-10-6-11(14)3-4-13(10)16/h3-4,6,9,12,17H,5,7-8H2,1-2H3. The van der Waals surface area contributed by atoms with Gasteiger partial charge in [-0.05, 0) is 30.5 Å². The van der Waals surface area contributed by atoms with Gasteiger partial charge in [-0.1, -0.05) is 29.8 Å². The molecule has 1 aromatic carbocycles. The van der Waals surface area contributed by atoms with E-state index < -0.39 is 0 Å². The van der Waals surface area contributed by atoms with Crippen molar-refractivity contribution in [2.24, 2.45) is 5.92 Å². The third-order valence-electron chi connectivity index (χ3n) is 2.42. The van der Waals surface area contributed by atoms with Crippen LogP contribution in [0.2, 0.25) is 0 Å². The fraction of sp³-hybridized carbons (Fsp3) is 0.538. The summed E-state index contributed by atoms with van der Waals surface area (Å²) in [5, 5.41) is 3.28. The van der Waals surface area contributed by atoms with Crippen LogP contribution in [0, 0.1) is 11.7 Å². The lowest BCUT2D eigenvalue weighted by atomic mass is 10.1. The highest BCUT2D eigenvalue weighted by Crippen LogP contribution is 2.15. The van der Waals surface area contributed by atoms with E-state index in [1.165, 1.54) is 6.07 Å². The highest BCUT2D eigenvalue weighted by Gasteiger charge is 2.08. The van der Waals surface area contributed by atoms with Gasteiger partial charge in [0.05, 0.1) is 0 Å². The van der Waals surface area contributed by atoms with Gasteiger partial charge >= 0.3 is 0 Å². The molecule has 1 atom stereocenters. The Bertz CT molecular complexity index is 357. The molecule has 0 radical (unpaired) electrons. The average Bonchev–Trinajstić information content (AvgIpc) is 2.22. The van der Waals surface area contributed by atoms with Crippen LogP contribution in [0.15, 0.2) is 22.7 Å². The van der Waals surface area contributed by atoms with Crippen LogP contribution in [0.3, 0.4) is 0 Å². The molecule has 1 N–H and O–H groups in total. The van der Waals surface area contributed by atoms with Crippen LogP contribution in [0.25, 0.3) is 0 Å². The van der Waals surface area contributed by atoms with Gasteiger partial charge in [0.1, 0.15) is 5.82 Å². The summed E-state index contributed by atoms with van der Waals surface area (Å²) in [5.41, 5.74) is 0.660. The minimum absolute atomic E-state index is 0.102. The Labute approximate surface area is 116 Å². The van der Waals surface area contributed by atoms with Crippen molar-refractivity contribution >= 4 is 27.5 Å². The molecule has 0 spiro atoms. The van der Waals surface area contributed by atoms with E-state index in [1.54, 1.807) is 12.1 Å². The van der Waals surface area contributed by atoms with E-state index in [0.717, 1.165) is 10.9 Å².